The Morgan fingerprint density at radius 2 is 1.62 bits per heavy atom. The van der Waals surface area contributed by atoms with E-state index in [1.807, 2.05) is 0 Å². The van der Waals surface area contributed by atoms with Gasteiger partial charge in [-0.15, -0.1) is 24.0 Å². The van der Waals surface area contributed by atoms with Crippen LogP contribution in [0.4, 0.5) is 0 Å². The molecule has 0 aliphatic rings. The summed E-state index contributed by atoms with van der Waals surface area (Å²) in [6, 6.07) is 8.74. The summed E-state index contributed by atoms with van der Waals surface area (Å²) in [5, 5.41) is 6.58. The van der Waals surface area contributed by atoms with E-state index in [1.54, 1.807) is 13.2 Å². The second kappa shape index (κ2) is 12.2. The quantitative estimate of drug-likeness (QED) is 0.313. The van der Waals surface area contributed by atoms with Crippen molar-refractivity contribution in [2.45, 2.75) is 59.7 Å². The number of nitrogens with zero attached hydrogens (tertiary/aromatic N) is 3. The summed E-state index contributed by atoms with van der Waals surface area (Å²) in [5.74, 6) is 2.27. The van der Waals surface area contributed by atoms with Crippen molar-refractivity contribution in [1.82, 2.24) is 20.5 Å². The second-order valence-electron chi connectivity index (χ2n) is 7.93. The molecule has 0 radical (unpaired) electrons. The predicted octanol–water partition coefficient (Wildman–Crippen LogP) is 4.30. The molecule has 0 fully saturated rings. The molecule has 0 unspecified atom stereocenters. The van der Waals surface area contributed by atoms with Gasteiger partial charge in [-0.25, -0.2) is 4.98 Å². The van der Waals surface area contributed by atoms with Gasteiger partial charge in [0, 0.05) is 25.6 Å². The minimum atomic E-state index is -0.0391. The molecule has 0 aliphatic heterocycles. The summed E-state index contributed by atoms with van der Waals surface area (Å²) in [7, 11) is 1.76. The molecule has 0 bridgehead atoms. The largest absolute Gasteiger partial charge is 0.443 e. The Kier molecular flexibility index (Phi) is 10.7. The van der Waals surface area contributed by atoms with E-state index in [9.17, 15) is 0 Å². The Hall–Kier alpha value is -1.61. The molecule has 0 aliphatic carbocycles. The minimum Gasteiger partial charge on any atom is -0.443 e. The molecule has 6 nitrogen and oxygen atoms in total. The molecule has 1 heterocycles. The molecule has 7 heteroatoms. The van der Waals surface area contributed by atoms with E-state index in [0.717, 1.165) is 31.4 Å². The molecule has 2 rings (SSSR count). The zero-order chi connectivity index (χ0) is 20.6. The number of guanidine groups is 1. The van der Waals surface area contributed by atoms with Gasteiger partial charge in [-0.2, -0.15) is 0 Å². The highest BCUT2D eigenvalue weighted by molar-refractivity contribution is 14.0. The minimum absolute atomic E-state index is 0. The summed E-state index contributed by atoms with van der Waals surface area (Å²) >= 11 is 0. The van der Waals surface area contributed by atoms with E-state index in [2.05, 4.69) is 84.4 Å². The average Bonchev–Trinajstić information content (AvgIpc) is 3.17. The molecule has 0 atom stereocenters. The zero-order valence-electron chi connectivity index (χ0n) is 18.6. The number of oxazole rings is 1. The molecular formula is C22H36IN5O. The van der Waals surface area contributed by atoms with Crippen molar-refractivity contribution in [2.24, 2.45) is 4.99 Å². The van der Waals surface area contributed by atoms with E-state index in [0.29, 0.717) is 19.0 Å². The topological polar surface area (TPSA) is 65.7 Å². The molecule has 1 aromatic carbocycles. The van der Waals surface area contributed by atoms with Crippen LogP contribution in [-0.2, 0) is 25.0 Å². The first-order valence-corrected chi connectivity index (χ1v) is 10.1. The lowest BCUT2D eigenvalue weighted by Gasteiger charge is -2.18. The second-order valence-corrected chi connectivity index (χ2v) is 7.93. The van der Waals surface area contributed by atoms with Crippen molar-refractivity contribution in [3.63, 3.8) is 0 Å². The SMILES string of the molecule is CCN(CC)Cc1ccc(CNC(=NC)NCc2ncc(C(C)(C)C)o2)cc1.I. The third-order valence-electron chi connectivity index (χ3n) is 4.71. The molecule has 29 heavy (non-hydrogen) atoms. The Labute approximate surface area is 192 Å². The van der Waals surface area contributed by atoms with Crippen LogP contribution in [0.5, 0.6) is 0 Å². The lowest BCUT2D eigenvalue weighted by molar-refractivity contribution is 0.296. The van der Waals surface area contributed by atoms with Gasteiger partial charge >= 0.3 is 0 Å². The Morgan fingerprint density at radius 1 is 1.03 bits per heavy atom. The average molecular weight is 513 g/mol. The van der Waals surface area contributed by atoms with Gasteiger partial charge in [-0.05, 0) is 24.2 Å². The van der Waals surface area contributed by atoms with Crippen LogP contribution in [-0.4, -0.2) is 36.0 Å². The highest BCUT2D eigenvalue weighted by Crippen LogP contribution is 2.22. The van der Waals surface area contributed by atoms with Crippen molar-refractivity contribution in [2.75, 3.05) is 20.1 Å². The van der Waals surface area contributed by atoms with Crippen LogP contribution < -0.4 is 10.6 Å². The van der Waals surface area contributed by atoms with Crippen molar-refractivity contribution in [3.05, 3.63) is 53.2 Å². The van der Waals surface area contributed by atoms with E-state index in [-0.39, 0.29) is 29.4 Å². The molecule has 0 saturated carbocycles. The van der Waals surface area contributed by atoms with Crippen molar-refractivity contribution in [3.8, 4) is 0 Å². The molecule has 0 spiro atoms. The maximum atomic E-state index is 5.81. The van der Waals surface area contributed by atoms with Crippen LogP contribution in [0.3, 0.4) is 0 Å². The van der Waals surface area contributed by atoms with Crippen LogP contribution in [0.1, 0.15) is 57.4 Å². The first-order chi connectivity index (χ1) is 13.4. The maximum absolute atomic E-state index is 5.81. The zero-order valence-corrected chi connectivity index (χ0v) is 20.9. The summed E-state index contributed by atoms with van der Waals surface area (Å²) in [6.07, 6.45) is 1.80. The van der Waals surface area contributed by atoms with E-state index >= 15 is 0 Å². The third kappa shape index (κ3) is 8.34. The van der Waals surface area contributed by atoms with E-state index in [1.165, 1.54) is 11.1 Å². The van der Waals surface area contributed by atoms with Gasteiger partial charge in [0.15, 0.2) is 5.96 Å². The van der Waals surface area contributed by atoms with E-state index < -0.39 is 0 Å². The van der Waals surface area contributed by atoms with E-state index in [4.69, 9.17) is 4.42 Å². The van der Waals surface area contributed by atoms with Crippen LogP contribution in [0, 0.1) is 0 Å². The third-order valence-corrected chi connectivity index (χ3v) is 4.71. The lowest BCUT2D eigenvalue weighted by atomic mass is 9.94. The monoisotopic (exact) mass is 513 g/mol. The first-order valence-electron chi connectivity index (χ1n) is 10.1. The highest BCUT2D eigenvalue weighted by Gasteiger charge is 2.19. The van der Waals surface area contributed by atoms with Crippen LogP contribution in [0.15, 0.2) is 39.9 Å². The summed E-state index contributed by atoms with van der Waals surface area (Å²) in [6.45, 7) is 15.1. The Morgan fingerprint density at radius 3 is 2.14 bits per heavy atom. The number of hydrogen-bond acceptors (Lipinski definition) is 4. The molecular weight excluding hydrogens is 477 g/mol. The van der Waals surface area contributed by atoms with Crippen molar-refractivity contribution in [1.29, 1.82) is 0 Å². The number of hydrogen-bond donors (Lipinski definition) is 2. The maximum Gasteiger partial charge on any atom is 0.213 e. The highest BCUT2D eigenvalue weighted by atomic mass is 127. The number of rotatable bonds is 8. The fourth-order valence-corrected chi connectivity index (χ4v) is 2.77. The number of benzene rings is 1. The predicted molar refractivity (Wildman–Crippen MR) is 131 cm³/mol. The standard InChI is InChI=1S/C22H35N5O.HI/c1-7-27(8-2)16-18-11-9-17(10-12-18)13-25-21(23-6)26-15-20-24-14-19(28-20)22(3,4)5;/h9-12,14H,7-8,13,15-16H2,1-6H3,(H2,23,25,26);1H. The molecule has 1 aromatic heterocycles. The molecule has 0 amide bonds. The van der Waals surface area contributed by atoms with Gasteiger partial charge in [-0.3, -0.25) is 9.89 Å². The fraction of sp³-hybridized carbons (Fsp3) is 0.545. The smallest absolute Gasteiger partial charge is 0.213 e. The molecule has 0 saturated heterocycles. The van der Waals surface area contributed by atoms with Crippen molar-refractivity contribution < 1.29 is 4.42 Å². The van der Waals surface area contributed by atoms with Crippen LogP contribution in [0.25, 0.3) is 0 Å². The fourth-order valence-electron chi connectivity index (χ4n) is 2.77. The first kappa shape index (κ1) is 25.4. The van der Waals surface area contributed by atoms with Gasteiger partial charge in [0.2, 0.25) is 5.89 Å². The number of aliphatic imine (C=N–C) groups is 1. The summed E-state index contributed by atoms with van der Waals surface area (Å²) in [5.41, 5.74) is 2.52. The van der Waals surface area contributed by atoms with Gasteiger partial charge in [-0.1, -0.05) is 58.9 Å². The number of nitrogens with one attached hydrogen (secondary N) is 2. The van der Waals surface area contributed by atoms with Gasteiger partial charge in [0.25, 0.3) is 0 Å². The van der Waals surface area contributed by atoms with Gasteiger partial charge in [0.1, 0.15) is 5.76 Å². The lowest BCUT2D eigenvalue weighted by Crippen LogP contribution is -2.36. The molecule has 162 valence electrons. The number of aromatic nitrogens is 1. The van der Waals surface area contributed by atoms with Crippen molar-refractivity contribution >= 4 is 29.9 Å². The summed E-state index contributed by atoms with van der Waals surface area (Å²) in [4.78, 5) is 11.0. The molecule has 2 N–H and O–H groups in total. The van der Waals surface area contributed by atoms with Gasteiger partial charge < -0.3 is 15.1 Å². The Bertz CT molecular complexity index is 745. The van der Waals surface area contributed by atoms with Gasteiger partial charge in [0.05, 0.1) is 12.7 Å². The van der Waals surface area contributed by atoms with Crippen LogP contribution >= 0.6 is 24.0 Å². The Balaban J connectivity index is 0.00000420. The normalized spacial score (nSPS) is 12.0. The summed E-state index contributed by atoms with van der Waals surface area (Å²) < 4.78 is 5.81. The van der Waals surface area contributed by atoms with Crippen LogP contribution in [0.2, 0.25) is 0 Å². The molecule has 2 aromatic rings. The number of halogens is 1.